The molecule has 4 nitrogen and oxygen atoms in total. The average Bonchev–Trinajstić information content (AvgIpc) is 2.97. The van der Waals surface area contributed by atoms with E-state index in [0.717, 1.165) is 25.8 Å². The predicted octanol–water partition coefficient (Wildman–Crippen LogP) is 2.83. The van der Waals surface area contributed by atoms with Crippen LogP contribution >= 0.6 is 0 Å². The summed E-state index contributed by atoms with van der Waals surface area (Å²) in [6.45, 7) is 6.92. The van der Waals surface area contributed by atoms with Crippen molar-refractivity contribution >= 4 is 5.91 Å². The van der Waals surface area contributed by atoms with E-state index in [-0.39, 0.29) is 23.8 Å². The number of carbonyl (C=O) groups excluding carboxylic acids is 1. The second-order valence-corrected chi connectivity index (χ2v) is 7.35. The Balaban J connectivity index is 2.44. The zero-order valence-electron chi connectivity index (χ0n) is 14.7. The molecule has 1 fully saturated rings. The van der Waals surface area contributed by atoms with E-state index >= 15 is 0 Å². The molecule has 1 aliphatic rings. The highest BCUT2D eigenvalue weighted by molar-refractivity contribution is 5.78. The number of unbranched alkanes of at least 4 members (excludes halogenated alkanes) is 1. The van der Waals surface area contributed by atoms with Gasteiger partial charge in [0.1, 0.15) is 0 Å². The molecule has 0 aliphatic heterocycles. The molecule has 130 valence electrons. The molecular formula is C18H36N2O2. The molecule has 3 unspecified atom stereocenters. The third-order valence-electron chi connectivity index (χ3n) is 5.04. The lowest BCUT2D eigenvalue weighted by Gasteiger charge is -2.27. The van der Waals surface area contributed by atoms with Crippen LogP contribution in [-0.4, -0.2) is 29.7 Å². The number of nitrogens with one attached hydrogen (secondary N) is 1. The van der Waals surface area contributed by atoms with Crippen LogP contribution < -0.4 is 11.1 Å². The minimum Gasteiger partial charge on any atom is -0.391 e. The maximum absolute atomic E-state index is 12.3. The fourth-order valence-electron chi connectivity index (χ4n) is 3.42. The summed E-state index contributed by atoms with van der Waals surface area (Å²) in [6, 6.07) is -0.201. The fraction of sp³-hybridized carbons (Fsp3) is 0.944. The van der Waals surface area contributed by atoms with E-state index in [1.54, 1.807) is 0 Å². The van der Waals surface area contributed by atoms with Gasteiger partial charge in [0.15, 0.2) is 0 Å². The lowest BCUT2D eigenvalue weighted by molar-refractivity contribution is -0.127. The van der Waals surface area contributed by atoms with Crippen LogP contribution in [-0.2, 0) is 4.79 Å². The molecule has 22 heavy (non-hydrogen) atoms. The first-order valence-corrected chi connectivity index (χ1v) is 9.17. The minimum absolute atomic E-state index is 0.0653. The van der Waals surface area contributed by atoms with Gasteiger partial charge in [-0.25, -0.2) is 0 Å². The number of nitrogens with two attached hydrogens (primary N) is 1. The van der Waals surface area contributed by atoms with Crippen LogP contribution in [0.25, 0.3) is 0 Å². The lowest BCUT2D eigenvalue weighted by Crippen LogP contribution is -2.42. The van der Waals surface area contributed by atoms with E-state index in [1.165, 1.54) is 25.7 Å². The van der Waals surface area contributed by atoms with Gasteiger partial charge < -0.3 is 16.2 Å². The molecule has 0 aromatic heterocycles. The maximum atomic E-state index is 12.3. The molecule has 0 aromatic rings. The molecule has 1 saturated carbocycles. The van der Waals surface area contributed by atoms with Gasteiger partial charge in [0.25, 0.3) is 0 Å². The van der Waals surface area contributed by atoms with E-state index in [0.29, 0.717) is 12.3 Å². The summed E-state index contributed by atoms with van der Waals surface area (Å²) in [4.78, 5) is 12.3. The molecule has 1 aliphatic carbocycles. The van der Waals surface area contributed by atoms with Gasteiger partial charge in [-0.3, -0.25) is 4.79 Å². The number of aliphatic hydroxyl groups is 1. The Hall–Kier alpha value is -0.610. The molecule has 0 heterocycles. The van der Waals surface area contributed by atoms with Crippen molar-refractivity contribution in [3.63, 3.8) is 0 Å². The van der Waals surface area contributed by atoms with Crippen LogP contribution in [0.1, 0.15) is 72.1 Å². The van der Waals surface area contributed by atoms with Crippen LogP contribution in [0.15, 0.2) is 0 Å². The van der Waals surface area contributed by atoms with Crippen molar-refractivity contribution in [2.75, 3.05) is 6.54 Å². The second-order valence-electron chi connectivity index (χ2n) is 7.35. The molecule has 1 rings (SSSR count). The quantitative estimate of drug-likeness (QED) is 0.543. The summed E-state index contributed by atoms with van der Waals surface area (Å²) in [6.07, 6.45) is 7.93. The Labute approximate surface area is 136 Å². The zero-order chi connectivity index (χ0) is 16.5. The van der Waals surface area contributed by atoms with E-state index in [1.807, 2.05) is 13.8 Å². The van der Waals surface area contributed by atoms with Gasteiger partial charge in [-0.1, -0.05) is 52.9 Å². The highest BCUT2D eigenvalue weighted by atomic mass is 16.3. The number of hydrogen-bond acceptors (Lipinski definition) is 3. The van der Waals surface area contributed by atoms with Gasteiger partial charge >= 0.3 is 0 Å². The summed E-state index contributed by atoms with van der Waals surface area (Å²) >= 11 is 0. The topological polar surface area (TPSA) is 75.3 Å². The molecule has 0 radical (unpaired) electrons. The number of hydrogen-bond donors (Lipinski definition) is 3. The van der Waals surface area contributed by atoms with Crippen LogP contribution in [0, 0.1) is 17.8 Å². The Morgan fingerprint density at radius 1 is 1.32 bits per heavy atom. The Bertz CT molecular complexity index is 314. The van der Waals surface area contributed by atoms with E-state index < -0.39 is 6.10 Å². The predicted molar refractivity (Wildman–Crippen MR) is 91.4 cm³/mol. The lowest BCUT2D eigenvalue weighted by atomic mass is 9.85. The maximum Gasteiger partial charge on any atom is 0.223 e. The highest BCUT2D eigenvalue weighted by Gasteiger charge is 2.29. The first-order valence-electron chi connectivity index (χ1n) is 9.17. The van der Waals surface area contributed by atoms with Crippen molar-refractivity contribution in [2.45, 2.75) is 84.3 Å². The van der Waals surface area contributed by atoms with Gasteiger partial charge in [-0.15, -0.1) is 0 Å². The third kappa shape index (κ3) is 6.66. The summed E-state index contributed by atoms with van der Waals surface area (Å²) in [5.41, 5.74) is 6.19. The highest BCUT2D eigenvalue weighted by Crippen LogP contribution is 2.29. The van der Waals surface area contributed by atoms with E-state index in [9.17, 15) is 9.90 Å². The van der Waals surface area contributed by atoms with Crippen molar-refractivity contribution < 1.29 is 9.90 Å². The smallest absolute Gasteiger partial charge is 0.223 e. The molecule has 3 atom stereocenters. The Morgan fingerprint density at radius 2 is 1.95 bits per heavy atom. The molecule has 0 aromatic carbocycles. The first-order chi connectivity index (χ1) is 10.5. The summed E-state index contributed by atoms with van der Waals surface area (Å²) < 4.78 is 0. The third-order valence-corrected chi connectivity index (χ3v) is 5.04. The van der Waals surface area contributed by atoms with E-state index in [4.69, 9.17) is 5.73 Å². The summed E-state index contributed by atoms with van der Waals surface area (Å²) in [7, 11) is 0. The van der Waals surface area contributed by atoms with Crippen LogP contribution in [0.4, 0.5) is 0 Å². The summed E-state index contributed by atoms with van der Waals surface area (Å²) in [5, 5.41) is 13.4. The molecule has 0 bridgehead atoms. The van der Waals surface area contributed by atoms with Gasteiger partial charge in [0.05, 0.1) is 6.10 Å². The van der Waals surface area contributed by atoms with Crippen molar-refractivity contribution in [3.05, 3.63) is 0 Å². The standard InChI is InChI=1S/C18H36N2O2/c1-4-5-10-20-18(22)15(13(2)3)12-17(21)16(19)11-14-8-6-7-9-14/h13-17,21H,4-12,19H2,1-3H3,(H,20,22). The van der Waals surface area contributed by atoms with Crippen molar-refractivity contribution in [1.29, 1.82) is 0 Å². The molecule has 0 spiro atoms. The largest absolute Gasteiger partial charge is 0.391 e. The van der Waals surface area contributed by atoms with E-state index in [2.05, 4.69) is 12.2 Å². The molecule has 4 heteroatoms. The first kappa shape index (κ1) is 19.4. The second kappa shape index (κ2) is 10.2. The van der Waals surface area contributed by atoms with Crippen LogP contribution in [0.5, 0.6) is 0 Å². The van der Waals surface area contributed by atoms with Gasteiger partial charge in [-0.05, 0) is 31.1 Å². The zero-order valence-corrected chi connectivity index (χ0v) is 14.7. The molecule has 1 amide bonds. The molecular weight excluding hydrogens is 276 g/mol. The van der Waals surface area contributed by atoms with Crippen LogP contribution in [0.2, 0.25) is 0 Å². The number of carbonyl (C=O) groups is 1. The van der Waals surface area contributed by atoms with Gasteiger partial charge in [-0.2, -0.15) is 0 Å². The normalized spacial score (nSPS) is 20.1. The number of aliphatic hydroxyl groups excluding tert-OH is 1. The van der Waals surface area contributed by atoms with Gasteiger partial charge in [0, 0.05) is 18.5 Å². The van der Waals surface area contributed by atoms with Crippen molar-refractivity contribution in [2.24, 2.45) is 23.5 Å². The SMILES string of the molecule is CCCCNC(=O)C(CC(O)C(N)CC1CCCC1)C(C)C. The summed E-state index contributed by atoms with van der Waals surface area (Å²) in [5.74, 6) is 0.799. The van der Waals surface area contributed by atoms with Crippen LogP contribution in [0.3, 0.4) is 0 Å². The minimum atomic E-state index is -0.579. The Kier molecular flexibility index (Phi) is 9.03. The molecule has 4 N–H and O–H groups in total. The monoisotopic (exact) mass is 312 g/mol. The average molecular weight is 312 g/mol. The Morgan fingerprint density at radius 3 is 2.50 bits per heavy atom. The number of amides is 1. The number of rotatable bonds is 10. The van der Waals surface area contributed by atoms with Crippen molar-refractivity contribution in [1.82, 2.24) is 5.32 Å². The fourth-order valence-corrected chi connectivity index (χ4v) is 3.42. The van der Waals surface area contributed by atoms with Crippen molar-refractivity contribution in [3.8, 4) is 0 Å². The van der Waals surface area contributed by atoms with Gasteiger partial charge in [0.2, 0.25) is 5.91 Å². The molecule has 0 saturated heterocycles.